The van der Waals surface area contributed by atoms with Crippen LogP contribution in [0.2, 0.25) is 0 Å². The van der Waals surface area contributed by atoms with Gasteiger partial charge in [0.1, 0.15) is 0 Å². The Labute approximate surface area is 176 Å². The second kappa shape index (κ2) is 9.37. The van der Waals surface area contributed by atoms with Gasteiger partial charge in [0.2, 0.25) is 5.91 Å². The number of benzene rings is 3. The van der Waals surface area contributed by atoms with Crippen LogP contribution in [0.3, 0.4) is 0 Å². The highest BCUT2D eigenvalue weighted by Crippen LogP contribution is 2.24. The van der Waals surface area contributed by atoms with E-state index in [4.69, 9.17) is 0 Å². The summed E-state index contributed by atoms with van der Waals surface area (Å²) in [6.45, 7) is 1.77. The Kier molecular flexibility index (Phi) is 6.64. The zero-order valence-corrected chi connectivity index (χ0v) is 17.3. The number of rotatable bonds is 8. The summed E-state index contributed by atoms with van der Waals surface area (Å²) >= 11 is 0. The van der Waals surface area contributed by atoms with Crippen LogP contribution in [-0.2, 0) is 14.8 Å². The normalized spacial score (nSPS) is 11.0. The van der Waals surface area contributed by atoms with Crippen molar-refractivity contribution in [2.75, 3.05) is 10.0 Å². The largest absolute Gasteiger partial charge is 0.326 e. The molecular formula is C23H22N2O4S. The zero-order valence-electron chi connectivity index (χ0n) is 16.5. The van der Waals surface area contributed by atoms with Crippen molar-refractivity contribution in [2.45, 2.75) is 24.7 Å². The topological polar surface area (TPSA) is 92.3 Å². The van der Waals surface area contributed by atoms with Crippen LogP contribution in [0.15, 0.2) is 83.8 Å². The standard InChI is InChI=1S/C23H22N2O4S/c1-17-12-13-19(16-21(17)25-30(28,29)20-10-6-3-7-11-20)24-23(27)15-14-22(26)18-8-4-2-5-9-18/h2-13,16,25H,14-15H2,1H3,(H,24,27). The molecule has 3 aromatic rings. The predicted octanol–water partition coefficient (Wildman–Crippen LogP) is 4.40. The number of anilines is 2. The summed E-state index contributed by atoms with van der Waals surface area (Å²) in [5, 5.41) is 2.72. The second-order valence-electron chi connectivity index (χ2n) is 6.79. The number of ketones is 1. The summed E-state index contributed by atoms with van der Waals surface area (Å²) in [4.78, 5) is 24.5. The molecule has 0 fully saturated rings. The van der Waals surface area contributed by atoms with Gasteiger partial charge in [0.05, 0.1) is 10.6 Å². The van der Waals surface area contributed by atoms with Crippen molar-refractivity contribution in [1.82, 2.24) is 0 Å². The van der Waals surface area contributed by atoms with E-state index in [1.165, 1.54) is 12.1 Å². The minimum absolute atomic E-state index is 0.0344. The van der Waals surface area contributed by atoms with E-state index in [1.807, 2.05) is 6.07 Å². The Hall–Kier alpha value is -3.45. The number of hydrogen-bond donors (Lipinski definition) is 2. The monoisotopic (exact) mass is 422 g/mol. The molecular weight excluding hydrogens is 400 g/mol. The van der Waals surface area contributed by atoms with E-state index in [9.17, 15) is 18.0 Å². The molecule has 3 rings (SSSR count). The van der Waals surface area contributed by atoms with Gasteiger partial charge >= 0.3 is 0 Å². The first kappa shape index (κ1) is 21.3. The van der Waals surface area contributed by atoms with Gasteiger partial charge in [-0.25, -0.2) is 8.42 Å². The summed E-state index contributed by atoms with van der Waals surface area (Å²) in [7, 11) is -3.74. The minimum Gasteiger partial charge on any atom is -0.326 e. The third-order valence-corrected chi connectivity index (χ3v) is 5.88. The molecule has 30 heavy (non-hydrogen) atoms. The number of sulfonamides is 1. The van der Waals surface area contributed by atoms with Crippen LogP contribution in [0.4, 0.5) is 11.4 Å². The van der Waals surface area contributed by atoms with Crippen LogP contribution in [-0.4, -0.2) is 20.1 Å². The van der Waals surface area contributed by atoms with Crippen molar-refractivity contribution in [1.29, 1.82) is 0 Å². The van der Waals surface area contributed by atoms with Gasteiger partial charge in [-0.05, 0) is 36.8 Å². The molecule has 0 bridgehead atoms. The molecule has 0 aliphatic carbocycles. The molecule has 0 atom stereocenters. The van der Waals surface area contributed by atoms with Gasteiger partial charge in [-0.2, -0.15) is 0 Å². The lowest BCUT2D eigenvalue weighted by Crippen LogP contribution is -2.15. The first-order chi connectivity index (χ1) is 14.3. The zero-order chi connectivity index (χ0) is 21.6. The molecule has 0 aromatic heterocycles. The molecule has 7 heteroatoms. The van der Waals surface area contributed by atoms with Crippen molar-refractivity contribution in [3.8, 4) is 0 Å². The van der Waals surface area contributed by atoms with Crippen molar-refractivity contribution >= 4 is 33.1 Å². The van der Waals surface area contributed by atoms with Crippen LogP contribution >= 0.6 is 0 Å². The molecule has 1 amide bonds. The maximum atomic E-state index is 12.6. The maximum absolute atomic E-state index is 12.6. The number of Topliss-reactive ketones (excluding diaryl/α,β-unsaturated/α-hetero) is 1. The summed E-state index contributed by atoms with van der Waals surface area (Å²) in [5.74, 6) is -0.425. The van der Waals surface area contributed by atoms with Crippen molar-refractivity contribution < 1.29 is 18.0 Å². The highest BCUT2D eigenvalue weighted by atomic mass is 32.2. The highest BCUT2D eigenvalue weighted by molar-refractivity contribution is 7.92. The van der Waals surface area contributed by atoms with Gasteiger partial charge in [0.25, 0.3) is 10.0 Å². The molecule has 154 valence electrons. The molecule has 6 nitrogen and oxygen atoms in total. The summed E-state index contributed by atoms with van der Waals surface area (Å²) in [6, 6.07) is 21.8. The van der Waals surface area contributed by atoms with E-state index in [0.29, 0.717) is 22.5 Å². The second-order valence-corrected chi connectivity index (χ2v) is 8.47. The average molecular weight is 423 g/mol. The van der Waals surface area contributed by atoms with Gasteiger partial charge in [0, 0.05) is 24.1 Å². The Bertz CT molecular complexity index is 1140. The fourth-order valence-corrected chi connectivity index (χ4v) is 3.97. The molecule has 0 radical (unpaired) electrons. The van der Waals surface area contributed by atoms with Crippen LogP contribution in [0.25, 0.3) is 0 Å². The van der Waals surface area contributed by atoms with Crippen LogP contribution in [0.1, 0.15) is 28.8 Å². The Balaban J connectivity index is 1.65. The summed E-state index contributed by atoms with van der Waals surface area (Å²) in [6.07, 6.45) is 0.127. The molecule has 0 unspecified atom stereocenters. The smallest absolute Gasteiger partial charge is 0.261 e. The molecule has 0 aliphatic heterocycles. The Morgan fingerprint density at radius 2 is 1.47 bits per heavy atom. The quantitative estimate of drug-likeness (QED) is 0.527. The van der Waals surface area contributed by atoms with Crippen LogP contribution in [0.5, 0.6) is 0 Å². The van der Waals surface area contributed by atoms with E-state index in [-0.39, 0.29) is 29.4 Å². The summed E-state index contributed by atoms with van der Waals surface area (Å²) < 4.78 is 27.7. The number of amides is 1. The average Bonchev–Trinajstić information content (AvgIpc) is 2.75. The van der Waals surface area contributed by atoms with E-state index in [0.717, 1.165) is 0 Å². The molecule has 3 aromatic carbocycles. The van der Waals surface area contributed by atoms with Crippen LogP contribution < -0.4 is 10.0 Å². The van der Waals surface area contributed by atoms with Crippen LogP contribution in [0, 0.1) is 6.92 Å². The van der Waals surface area contributed by atoms with E-state index in [2.05, 4.69) is 10.0 Å². The van der Waals surface area contributed by atoms with E-state index < -0.39 is 10.0 Å². The number of carbonyl (C=O) groups is 2. The number of hydrogen-bond acceptors (Lipinski definition) is 4. The van der Waals surface area contributed by atoms with Crippen molar-refractivity contribution in [3.05, 3.63) is 90.0 Å². The van der Waals surface area contributed by atoms with Crippen molar-refractivity contribution in [3.63, 3.8) is 0 Å². The predicted molar refractivity (Wildman–Crippen MR) is 117 cm³/mol. The first-order valence-corrected chi connectivity index (χ1v) is 10.9. The maximum Gasteiger partial charge on any atom is 0.261 e. The Morgan fingerprint density at radius 3 is 2.13 bits per heavy atom. The van der Waals surface area contributed by atoms with Crippen molar-refractivity contribution in [2.24, 2.45) is 0 Å². The third-order valence-electron chi connectivity index (χ3n) is 4.49. The lowest BCUT2D eigenvalue weighted by atomic mass is 10.1. The lowest BCUT2D eigenvalue weighted by molar-refractivity contribution is -0.116. The summed E-state index contributed by atoms with van der Waals surface area (Å²) in [5.41, 5.74) is 2.10. The van der Waals surface area contributed by atoms with Gasteiger partial charge < -0.3 is 5.32 Å². The van der Waals surface area contributed by atoms with Gasteiger partial charge in [-0.3, -0.25) is 14.3 Å². The number of aryl methyl sites for hydroxylation is 1. The number of nitrogens with one attached hydrogen (secondary N) is 2. The molecule has 0 aliphatic rings. The van der Waals surface area contributed by atoms with Gasteiger partial charge in [0.15, 0.2) is 5.78 Å². The molecule has 0 saturated heterocycles. The lowest BCUT2D eigenvalue weighted by Gasteiger charge is -2.13. The fraction of sp³-hybridized carbons (Fsp3) is 0.130. The minimum atomic E-state index is -3.74. The van der Waals surface area contributed by atoms with Gasteiger partial charge in [-0.15, -0.1) is 0 Å². The molecule has 2 N–H and O–H groups in total. The molecule has 0 saturated carbocycles. The fourth-order valence-electron chi connectivity index (χ4n) is 2.83. The van der Waals surface area contributed by atoms with E-state index in [1.54, 1.807) is 67.6 Å². The first-order valence-electron chi connectivity index (χ1n) is 9.42. The SMILES string of the molecule is Cc1ccc(NC(=O)CCC(=O)c2ccccc2)cc1NS(=O)(=O)c1ccccc1. The third kappa shape index (κ3) is 5.55. The molecule has 0 spiro atoms. The highest BCUT2D eigenvalue weighted by Gasteiger charge is 2.15. The van der Waals surface area contributed by atoms with Gasteiger partial charge in [-0.1, -0.05) is 54.6 Å². The molecule has 0 heterocycles. The Morgan fingerprint density at radius 1 is 0.833 bits per heavy atom. The van der Waals surface area contributed by atoms with E-state index >= 15 is 0 Å². The number of carbonyl (C=O) groups excluding carboxylic acids is 2.